The number of hydrazine groups is 1. The quantitative estimate of drug-likeness (QED) is 0.593. The van der Waals surface area contributed by atoms with E-state index in [0.717, 1.165) is 5.01 Å². The smallest absolute Gasteiger partial charge is 0.341 e. The van der Waals surface area contributed by atoms with E-state index in [2.05, 4.69) is 5.43 Å². The van der Waals surface area contributed by atoms with Gasteiger partial charge in [0.15, 0.2) is 18.1 Å². The van der Waals surface area contributed by atoms with E-state index >= 15 is 0 Å². The number of carboxylic acids is 1. The second-order valence-corrected chi connectivity index (χ2v) is 5.54. The van der Waals surface area contributed by atoms with Gasteiger partial charge in [-0.15, -0.1) is 0 Å². The van der Waals surface area contributed by atoms with Gasteiger partial charge >= 0.3 is 5.97 Å². The first kappa shape index (κ1) is 18.0. The van der Waals surface area contributed by atoms with Gasteiger partial charge in [0.2, 0.25) is 0 Å². The number of carboxylic acid groups (broad SMARTS) is 1. The summed E-state index contributed by atoms with van der Waals surface area (Å²) in [6.45, 7) is -0.590. The molecule has 0 atom stereocenters. The van der Waals surface area contributed by atoms with Crippen LogP contribution in [-0.4, -0.2) is 36.6 Å². The lowest BCUT2D eigenvalue weighted by molar-refractivity contribution is -0.139. The van der Waals surface area contributed by atoms with Crippen LogP contribution in [0.25, 0.3) is 6.08 Å². The number of aliphatic carboxylic acids is 1. The third-order valence-electron chi connectivity index (χ3n) is 3.77. The van der Waals surface area contributed by atoms with E-state index in [9.17, 15) is 14.4 Å². The lowest BCUT2D eigenvalue weighted by Crippen LogP contribution is -2.35. The van der Waals surface area contributed by atoms with Crippen LogP contribution in [0.1, 0.15) is 5.56 Å². The maximum atomic E-state index is 12.7. The molecule has 1 saturated heterocycles. The zero-order chi connectivity index (χ0) is 19.4. The fourth-order valence-corrected chi connectivity index (χ4v) is 2.57. The molecule has 0 aliphatic carbocycles. The molecular formula is C19H16N2O6. The highest BCUT2D eigenvalue weighted by Crippen LogP contribution is 2.33. The Kier molecular flexibility index (Phi) is 5.07. The molecule has 1 aliphatic heterocycles. The number of ether oxygens (including phenoxy) is 2. The number of nitrogens with zero attached hydrogens (tertiary/aromatic N) is 1. The van der Waals surface area contributed by atoms with Gasteiger partial charge in [-0.2, -0.15) is 0 Å². The first-order valence-corrected chi connectivity index (χ1v) is 7.95. The second kappa shape index (κ2) is 7.61. The molecule has 0 bridgehead atoms. The highest BCUT2D eigenvalue weighted by molar-refractivity contribution is 6.31. The molecule has 1 heterocycles. The van der Waals surface area contributed by atoms with Crippen molar-refractivity contribution in [1.29, 1.82) is 0 Å². The summed E-state index contributed by atoms with van der Waals surface area (Å²) < 4.78 is 10.5. The van der Waals surface area contributed by atoms with Crippen molar-refractivity contribution in [2.45, 2.75) is 0 Å². The van der Waals surface area contributed by atoms with E-state index in [-0.39, 0.29) is 17.1 Å². The molecule has 2 N–H and O–H groups in total. The average Bonchev–Trinajstić information content (AvgIpc) is 2.95. The number of benzene rings is 2. The van der Waals surface area contributed by atoms with Crippen molar-refractivity contribution in [3.8, 4) is 11.5 Å². The predicted molar refractivity (Wildman–Crippen MR) is 96.2 cm³/mol. The SMILES string of the molecule is COc1cccc(/C=C2/C(=O)NN(c3ccccc3)C2=O)c1OCC(=O)O. The number of methoxy groups -OCH3 is 1. The number of rotatable bonds is 6. The monoisotopic (exact) mass is 368 g/mol. The van der Waals surface area contributed by atoms with Crippen LogP contribution in [0, 0.1) is 0 Å². The Bertz CT molecular complexity index is 923. The molecule has 0 saturated carbocycles. The van der Waals surface area contributed by atoms with Gasteiger partial charge in [-0.1, -0.05) is 30.3 Å². The zero-order valence-corrected chi connectivity index (χ0v) is 14.3. The van der Waals surface area contributed by atoms with Crippen LogP contribution < -0.4 is 19.9 Å². The molecule has 0 radical (unpaired) electrons. The first-order chi connectivity index (χ1) is 13.0. The Labute approximate surface area is 154 Å². The van der Waals surface area contributed by atoms with Crippen molar-refractivity contribution < 1.29 is 29.0 Å². The predicted octanol–water partition coefficient (Wildman–Crippen LogP) is 1.62. The molecule has 27 heavy (non-hydrogen) atoms. The number of anilines is 1. The van der Waals surface area contributed by atoms with Crippen molar-refractivity contribution in [2.24, 2.45) is 0 Å². The van der Waals surface area contributed by atoms with Crippen LogP contribution in [-0.2, 0) is 14.4 Å². The molecule has 8 nitrogen and oxygen atoms in total. The minimum atomic E-state index is -1.16. The number of carbonyl (C=O) groups is 3. The zero-order valence-electron chi connectivity index (χ0n) is 14.3. The van der Waals surface area contributed by atoms with Crippen molar-refractivity contribution in [3.05, 3.63) is 59.7 Å². The van der Waals surface area contributed by atoms with E-state index in [1.54, 1.807) is 48.5 Å². The second-order valence-electron chi connectivity index (χ2n) is 5.54. The Morgan fingerprint density at radius 2 is 1.89 bits per heavy atom. The van der Waals surface area contributed by atoms with Crippen LogP contribution in [0.15, 0.2) is 54.1 Å². The Balaban J connectivity index is 1.97. The number of hydrogen-bond acceptors (Lipinski definition) is 5. The van der Waals surface area contributed by atoms with E-state index in [0.29, 0.717) is 11.3 Å². The Hall–Kier alpha value is -3.81. The number of carbonyl (C=O) groups excluding carboxylic acids is 2. The fourth-order valence-electron chi connectivity index (χ4n) is 2.57. The summed E-state index contributed by atoms with van der Waals surface area (Å²) in [5.74, 6) is -1.84. The molecule has 0 spiro atoms. The summed E-state index contributed by atoms with van der Waals surface area (Å²) in [6, 6.07) is 13.5. The van der Waals surface area contributed by atoms with Crippen molar-refractivity contribution >= 4 is 29.5 Å². The van der Waals surface area contributed by atoms with Crippen LogP contribution in [0.3, 0.4) is 0 Å². The average molecular weight is 368 g/mol. The molecule has 0 aromatic heterocycles. The van der Waals surface area contributed by atoms with Gasteiger partial charge in [-0.3, -0.25) is 15.0 Å². The lowest BCUT2D eigenvalue weighted by atomic mass is 10.1. The lowest BCUT2D eigenvalue weighted by Gasteiger charge is -2.14. The summed E-state index contributed by atoms with van der Waals surface area (Å²) in [4.78, 5) is 35.8. The maximum absolute atomic E-state index is 12.7. The van der Waals surface area contributed by atoms with Gasteiger partial charge in [-0.05, 0) is 24.3 Å². The molecule has 2 amide bonds. The summed E-state index contributed by atoms with van der Waals surface area (Å²) in [7, 11) is 1.41. The number of nitrogens with one attached hydrogen (secondary N) is 1. The van der Waals surface area contributed by atoms with Crippen molar-refractivity contribution in [3.63, 3.8) is 0 Å². The first-order valence-electron chi connectivity index (χ1n) is 7.95. The van der Waals surface area contributed by atoms with E-state index in [1.165, 1.54) is 13.2 Å². The molecule has 3 rings (SSSR count). The Morgan fingerprint density at radius 1 is 1.15 bits per heavy atom. The largest absolute Gasteiger partial charge is 0.493 e. The summed E-state index contributed by atoms with van der Waals surface area (Å²) in [5, 5.41) is 10.00. The molecule has 1 aliphatic rings. The molecular weight excluding hydrogens is 352 g/mol. The molecule has 2 aromatic carbocycles. The van der Waals surface area contributed by atoms with Gasteiger partial charge in [0.05, 0.1) is 12.8 Å². The van der Waals surface area contributed by atoms with E-state index < -0.39 is 24.4 Å². The normalized spacial score (nSPS) is 15.0. The Morgan fingerprint density at radius 3 is 2.56 bits per heavy atom. The maximum Gasteiger partial charge on any atom is 0.341 e. The third kappa shape index (κ3) is 3.74. The number of amides is 2. The van der Waals surface area contributed by atoms with E-state index in [4.69, 9.17) is 14.6 Å². The van der Waals surface area contributed by atoms with Gasteiger partial charge in [0.1, 0.15) is 5.57 Å². The standard InChI is InChI=1S/C19H16N2O6/c1-26-15-9-5-6-12(17(15)27-11-16(22)23)10-14-18(24)20-21(19(14)25)13-7-3-2-4-8-13/h2-10H,11H2,1H3,(H,20,24)(H,22,23)/b14-10-. The molecule has 0 unspecified atom stereocenters. The van der Waals surface area contributed by atoms with E-state index in [1.807, 2.05) is 0 Å². The summed E-state index contributed by atoms with van der Waals surface area (Å²) >= 11 is 0. The van der Waals surface area contributed by atoms with Gasteiger partial charge in [0.25, 0.3) is 11.8 Å². The van der Waals surface area contributed by atoms with Crippen molar-refractivity contribution in [2.75, 3.05) is 18.7 Å². The van der Waals surface area contributed by atoms with Crippen molar-refractivity contribution in [1.82, 2.24) is 5.43 Å². The van der Waals surface area contributed by atoms with Gasteiger partial charge in [-0.25, -0.2) is 9.80 Å². The highest BCUT2D eigenvalue weighted by atomic mass is 16.5. The number of para-hydroxylation sites is 2. The minimum absolute atomic E-state index is 0.104. The summed E-state index contributed by atoms with van der Waals surface area (Å²) in [5.41, 5.74) is 3.27. The van der Waals surface area contributed by atoms with Gasteiger partial charge < -0.3 is 14.6 Å². The van der Waals surface area contributed by atoms with Crippen LogP contribution in [0.4, 0.5) is 5.69 Å². The third-order valence-corrected chi connectivity index (χ3v) is 3.77. The molecule has 8 heteroatoms. The van der Waals surface area contributed by atoms with Crippen LogP contribution >= 0.6 is 0 Å². The van der Waals surface area contributed by atoms with Crippen LogP contribution in [0.5, 0.6) is 11.5 Å². The topological polar surface area (TPSA) is 105 Å². The summed E-state index contributed by atoms with van der Waals surface area (Å²) in [6.07, 6.45) is 1.35. The molecule has 1 fully saturated rings. The number of hydrogen-bond donors (Lipinski definition) is 2. The molecule has 138 valence electrons. The van der Waals surface area contributed by atoms with Gasteiger partial charge in [0, 0.05) is 5.56 Å². The fraction of sp³-hybridized carbons (Fsp3) is 0.105. The van der Waals surface area contributed by atoms with Crippen LogP contribution in [0.2, 0.25) is 0 Å². The highest BCUT2D eigenvalue weighted by Gasteiger charge is 2.34. The minimum Gasteiger partial charge on any atom is -0.493 e. The molecule has 2 aromatic rings.